The molecule has 0 spiro atoms. The Morgan fingerprint density at radius 1 is 1.36 bits per heavy atom. The highest BCUT2D eigenvalue weighted by molar-refractivity contribution is 7.08. The Kier molecular flexibility index (Phi) is 2.89. The van der Waals surface area contributed by atoms with Crippen molar-refractivity contribution in [2.75, 3.05) is 14.1 Å². The first kappa shape index (κ1) is 11.1. The molecule has 0 unspecified atom stereocenters. The van der Waals surface area contributed by atoms with Gasteiger partial charge in [-0.15, -0.1) is 5.10 Å². The van der Waals surface area contributed by atoms with Gasteiger partial charge < -0.3 is 4.90 Å². The molecule has 14 heavy (non-hydrogen) atoms. The molecule has 0 bridgehead atoms. The van der Waals surface area contributed by atoms with Gasteiger partial charge in [-0.25, -0.2) is 0 Å². The summed E-state index contributed by atoms with van der Waals surface area (Å²) >= 11 is 1.16. The zero-order valence-corrected chi connectivity index (χ0v) is 9.97. The van der Waals surface area contributed by atoms with E-state index in [9.17, 15) is 4.79 Å². The third kappa shape index (κ3) is 2.09. The number of hydrogen-bond donors (Lipinski definition) is 0. The van der Waals surface area contributed by atoms with Crippen LogP contribution in [0.3, 0.4) is 0 Å². The lowest BCUT2D eigenvalue weighted by atomic mass is 9.91. The van der Waals surface area contributed by atoms with Gasteiger partial charge in [-0.1, -0.05) is 25.3 Å². The van der Waals surface area contributed by atoms with Crippen LogP contribution in [-0.4, -0.2) is 34.5 Å². The third-order valence-electron chi connectivity index (χ3n) is 1.80. The topological polar surface area (TPSA) is 46.1 Å². The molecule has 0 fully saturated rings. The molecule has 5 heteroatoms. The zero-order chi connectivity index (χ0) is 10.9. The third-order valence-corrected chi connectivity index (χ3v) is 2.51. The number of aromatic nitrogens is 2. The van der Waals surface area contributed by atoms with Crippen LogP contribution in [0, 0.1) is 0 Å². The highest BCUT2D eigenvalue weighted by Gasteiger charge is 2.26. The van der Waals surface area contributed by atoms with Crippen LogP contribution in [0.15, 0.2) is 0 Å². The molecule has 1 aromatic heterocycles. The molecule has 0 saturated heterocycles. The maximum absolute atomic E-state index is 11.7. The fourth-order valence-electron chi connectivity index (χ4n) is 1.02. The lowest BCUT2D eigenvalue weighted by Crippen LogP contribution is -2.25. The van der Waals surface area contributed by atoms with Crippen molar-refractivity contribution in [1.82, 2.24) is 14.5 Å². The average molecular weight is 213 g/mol. The minimum absolute atomic E-state index is 0.0232. The fourth-order valence-corrected chi connectivity index (χ4v) is 1.92. The van der Waals surface area contributed by atoms with Crippen LogP contribution in [0.25, 0.3) is 0 Å². The van der Waals surface area contributed by atoms with Crippen LogP contribution < -0.4 is 0 Å². The van der Waals surface area contributed by atoms with E-state index >= 15 is 0 Å². The largest absolute Gasteiger partial charge is 0.344 e. The van der Waals surface area contributed by atoms with E-state index in [1.807, 2.05) is 20.8 Å². The van der Waals surface area contributed by atoms with Crippen molar-refractivity contribution in [2.24, 2.45) is 0 Å². The highest BCUT2D eigenvalue weighted by Crippen LogP contribution is 2.26. The summed E-state index contributed by atoms with van der Waals surface area (Å²) in [4.78, 5) is 13.9. The molecular weight excluding hydrogens is 198 g/mol. The van der Waals surface area contributed by atoms with Crippen molar-refractivity contribution in [3.8, 4) is 0 Å². The molecule has 0 aliphatic rings. The Hall–Kier alpha value is -0.970. The highest BCUT2D eigenvalue weighted by atomic mass is 32.1. The monoisotopic (exact) mass is 213 g/mol. The second-order valence-corrected chi connectivity index (χ2v) is 5.15. The summed E-state index contributed by atoms with van der Waals surface area (Å²) in [6.07, 6.45) is 0. The summed E-state index contributed by atoms with van der Waals surface area (Å²) in [6, 6.07) is 0. The van der Waals surface area contributed by atoms with E-state index in [2.05, 4.69) is 9.59 Å². The minimum Gasteiger partial charge on any atom is -0.344 e. The van der Waals surface area contributed by atoms with Crippen LogP contribution in [-0.2, 0) is 5.41 Å². The second-order valence-electron chi connectivity index (χ2n) is 4.40. The number of carbonyl (C=O) groups excluding carboxylic acids is 1. The van der Waals surface area contributed by atoms with Crippen molar-refractivity contribution in [1.29, 1.82) is 0 Å². The van der Waals surface area contributed by atoms with Gasteiger partial charge >= 0.3 is 0 Å². The molecule has 0 radical (unpaired) electrons. The quantitative estimate of drug-likeness (QED) is 0.711. The molecular formula is C9H15N3OS. The lowest BCUT2D eigenvalue weighted by molar-refractivity contribution is 0.0829. The second kappa shape index (κ2) is 3.65. The molecule has 1 rings (SSSR count). The fraction of sp³-hybridized carbons (Fsp3) is 0.667. The number of amides is 1. The molecule has 0 atom stereocenters. The first-order valence-corrected chi connectivity index (χ1v) is 5.16. The number of nitrogens with zero attached hydrogens (tertiary/aromatic N) is 3. The zero-order valence-electron chi connectivity index (χ0n) is 9.16. The van der Waals surface area contributed by atoms with Gasteiger partial charge in [-0.05, 0) is 11.5 Å². The Balaban J connectivity index is 3.12. The summed E-state index contributed by atoms with van der Waals surface area (Å²) in [5.41, 5.74) is 0.648. The first-order valence-electron chi connectivity index (χ1n) is 4.38. The molecule has 1 amide bonds. The molecule has 78 valence electrons. The van der Waals surface area contributed by atoms with Gasteiger partial charge in [-0.2, -0.15) is 0 Å². The predicted octanol–water partition coefficient (Wildman–Crippen LogP) is 1.54. The molecule has 1 aromatic rings. The summed E-state index contributed by atoms with van der Waals surface area (Å²) in [7, 11) is 3.46. The van der Waals surface area contributed by atoms with Gasteiger partial charge in [0.05, 0.1) is 5.69 Å². The van der Waals surface area contributed by atoms with E-state index in [-0.39, 0.29) is 11.3 Å². The van der Waals surface area contributed by atoms with Gasteiger partial charge in [0.1, 0.15) is 4.88 Å². The Morgan fingerprint density at radius 2 is 1.93 bits per heavy atom. The van der Waals surface area contributed by atoms with Gasteiger partial charge in [0.2, 0.25) is 0 Å². The predicted molar refractivity (Wildman–Crippen MR) is 56.6 cm³/mol. The molecule has 0 aromatic carbocycles. The van der Waals surface area contributed by atoms with Crippen molar-refractivity contribution in [2.45, 2.75) is 26.2 Å². The van der Waals surface area contributed by atoms with E-state index in [4.69, 9.17) is 0 Å². The summed E-state index contributed by atoms with van der Waals surface area (Å²) < 4.78 is 3.84. The van der Waals surface area contributed by atoms with Crippen LogP contribution >= 0.6 is 11.5 Å². The lowest BCUT2D eigenvalue weighted by Gasteiger charge is -2.17. The van der Waals surface area contributed by atoms with E-state index in [1.54, 1.807) is 19.0 Å². The minimum atomic E-state index is -0.131. The van der Waals surface area contributed by atoms with Gasteiger partial charge in [0.25, 0.3) is 5.91 Å². The van der Waals surface area contributed by atoms with Crippen LogP contribution in [0.4, 0.5) is 0 Å². The van der Waals surface area contributed by atoms with Crippen LogP contribution in [0.5, 0.6) is 0 Å². The number of rotatable bonds is 1. The van der Waals surface area contributed by atoms with E-state index in [1.165, 1.54) is 0 Å². The van der Waals surface area contributed by atoms with E-state index < -0.39 is 0 Å². The van der Waals surface area contributed by atoms with Crippen molar-refractivity contribution < 1.29 is 4.79 Å². The molecule has 0 saturated carbocycles. The Bertz CT molecular complexity index is 338. The Morgan fingerprint density at radius 3 is 2.36 bits per heavy atom. The maximum atomic E-state index is 11.7. The smallest absolute Gasteiger partial charge is 0.267 e. The molecule has 1 heterocycles. The van der Waals surface area contributed by atoms with Crippen molar-refractivity contribution >= 4 is 17.4 Å². The average Bonchev–Trinajstić information content (AvgIpc) is 2.48. The first-order chi connectivity index (χ1) is 6.34. The maximum Gasteiger partial charge on any atom is 0.267 e. The normalized spacial score (nSPS) is 11.5. The SMILES string of the molecule is CN(C)C(=O)c1snnc1C(C)(C)C. The van der Waals surface area contributed by atoms with Crippen molar-refractivity contribution in [3.63, 3.8) is 0 Å². The Labute approximate surface area is 88.1 Å². The standard InChI is InChI=1S/C9H15N3OS/c1-9(2,3)7-6(14-11-10-7)8(13)12(4)5/h1-5H3. The summed E-state index contributed by atoms with van der Waals surface area (Å²) in [6.45, 7) is 6.07. The van der Waals surface area contributed by atoms with Crippen molar-refractivity contribution in [3.05, 3.63) is 10.6 Å². The van der Waals surface area contributed by atoms with Gasteiger partial charge in [0.15, 0.2) is 0 Å². The van der Waals surface area contributed by atoms with Crippen LogP contribution in [0.1, 0.15) is 36.1 Å². The van der Waals surface area contributed by atoms with Gasteiger partial charge in [0, 0.05) is 19.5 Å². The molecule has 0 N–H and O–H groups in total. The molecule has 0 aliphatic heterocycles. The molecule has 4 nitrogen and oxygen atoms in total. The number of carbonyl (C=O) groups is 1. The van der Waals surface area contributed by atoms with Crippen LogP contribution in [0.2, 0.25) is 0 Å². The van der Waals surface area contributed by atoms with Gasteiger partial charge in [-0.3, -0.25) is 4.79 Å². The van der Waals surface area contributed by atoms with E-state index in [0.29, 0.717) is 4.88 Å². The molecule has 0 aliphatic carbocycles. The summed E-state index contributed by atoms with van der Waals surface area (Å²) in [5, 5.41) is 4.01. The summed E-state index contributed by atoms with van der Waals surface area (Å²) in [5.74, 6) is -0.0232. The van der Waals surface area contributed by atoms with E-state index in [0.717, 1.165) is 17.2 Å². The number of hydrogen-bond acceptors (Lipinski definition) is 4.